The van der Waals surface area contributed by atoms with Crippen LogP contribution in [-0.2, 0) is 0 Å². The quantitative estimate of drug-likeness (QED) is 0.797. The van der Waals surface area contributed by atoms with Crippen LogP contribution in [0.4, 0.5) is 5.69 Å². The van der Waals surface area contributed by atoms with Crippen LogP contribution in [0, 0.1) is 5.92 Å². The first kappa shape index (κ1) is 14.4. The molecule has 2 rings (SSSR count). The summed E-state index contributed by atoms with van der Waals surface area (Å²) in [4.78, 5) is 2.16. The van der Waals surface area contributed by atoms with E-state index >= 15 is 0 Å². The zero-order chi connectivity index (χ0) is 13.7. The number of hydrogen-bond acceptors (Lipinski definition) is 2. The third-order valence-electron chi connectivity index (χ3n) is 4.25. The van der Waals surface area contributed by atoms with Gasteiger partial charge in [-0.25, -0.2) is 0 Å². The number of anilines is 1. The summed E-state index contributed by atoms with van der Waals surface area (Å²) in [5, 5.41) is 3.72. The number of nitrogens with one attached hydrogen (secondary N) is 1. The molecule has 1 aromatic rings. The van der Waals surface area contributed by atoms with Gasteiger partial charge in [-0.2, -0.15) is 0 Å². The Balaban J connectivity index is 2.02. The van der Waals surface area contributed by atoms with Gasteiger partial charge in [-0.1, -0.05) is 38.3 Å². The van der Waals surface area contributed by atoms with Crippen molar-refractivity contribution in [2.45, 2.75) is 45.1 Å². The molecule has 1 aromatic carbocycles. The fraction of sp³-hybridized carbons (Fsp3) is 0.647. The maximum absolute atomic E-state index is 3.72. The molecule has 106 valence electrons. The Kier molecular flexibility index (Phi) is 5.26. The van der Waals surface area contributed by atoms with Crippen molar-refractivity contribution in [2.24, 2.45) is 5.92 Å². The minimum Gasteiger partial charge on any atom is -0.378 e. The highest BCUT2D eigenvalue weighted by Gasteiger charge is 2.22. The smallest absolute Gasteiger partial charge is 0.0361 e. The van der Waals surface area contributed by atoms with Gasteiger partial charge in [-0.05, 0) is 43.0 Å². The maximum atomic E-state index is 3.72. The van der Waals surface area contributed by atoms with Gasteiger partial charge in [0.25, 0.3) is 0 Å². The van der Waals surface area contributed by atoms with Crippen LogP contribution >= 0.6 is 0 Å². The molecule has 1 saturated carbocycles. The van der Waals surface area contributed by atoms with Crippen molar-refractivity contribution in [1.82, 2.24) is 5.32 Å². The Morgan fingerprint density at radius 2 is 1.89 bits per heavy atom. The molecule has 1 fully saturated rings. The van der Waals surface area contributed by atoms with E-state index in [-0.39, 0.29) is 0 Å². The van der Waals surface area contributed by atoms with E-state index in [2.05, 4.69) is 55.5 Å². The molecule has 0 saturated heterocycles. The van der Waals surface area contributed by atoms with E-state index in [1.807, 2.05) is 0 Å². The molecule has 1 atom stereocenters. The van der Waals surface area contributed by atoms with Crippen LogP contribution in [0.3, 0.4) is 0 Å². The highest BCUT2D eigenvalue weighted by Crippen LogP contribution is 2.35. The van der Waals surface area contributed by atoms with Crippen LogP contribution in [-0.4, -0.2) is 20.6 Å². The summed E-state index contributed by atoms with van der Waals surface area (Å²) in [6.45, 7) is 3.36. The van der Waals surface area contributed by atoms with Crippen molar-refractivity contribution in [3.05, 3.63) is 29.8 Å². The number of rotatable bonds is 7. The lowest BCUT2D eigenvalue weighted by molar-refractivity contribution is 0.261. The molecule has 0 aliphatic heterocycles. The minimum absolute atomic E-state index is 0.543. The molecular formula is C17H28N2. The molecular weight excluding hydrogens is 232 g/mol. The molecule has 0 radical (unpaired) electrons. The van der Waals surface area contributed by atoms with Crippen molar-refractivity contribution >= 4 is 5.69 Å². The predicted molar refractivity (Wildman–Crippen MR) is 83.8 cm³/mol. The summed E-state index contributed by atoms with van der Waals surface area (Å²) < 4.78 is 0. The van der Waals surface area contributed by atoms with Gasteiger partial charge in [0.05, 0.1) is 0 Å². The van der Waals surface area contributed by atoms with E-state index in [0.717, 1.165) is 12.5 Å². The van der Waals surface area contributed by atoms with E-state index in [0.29, 0.717) is 6.04 Å². The fourth-order valence-corrected chi connectivity index (χ4v) is 2.72. The first-order valence-electron chi connectivity index (χ1n) is 7.71. The van der Waals surface area contributed by atoms with Gasteiger partial charge >= 0.3 is 0 Å². The molecule has 0 bridgehead atoms. The van der Waals surface area contributed by atoms with Crippen molar-refractivity contribution in [3.63, 3.8) is 0 Å². The molecule has 1 aliphatic carbocycles. The van der Waals surface area contributed by atoms with Gasteiger partial charge in [0.1, 0.15) is 0 Å². The van der Waals surface area contributed by atoms with Gasteiger partial charge in [0, 0.05) is 25.8 Å². The Bertz CT molecular complexity index is 365. The third kappa shape index (κ3) is 3.97. The molecule has 2 nitrogen and oxygen atoms in total. The van der Waals surface area contributed by atoms with Gasteiger partial charge in [-0.15, -0.1) is 0 Å². The van der Waals surface area contributed by atoms with Crippen LogP contribution in [0.15, 0.2) is 24.3 Å². The normalized spacial score (nSPS) is 17.0. The van der Waals surface area contributed by atoms with Crippen LogP contribution in [0.1, 0.15) is 50.6 Å². The summed E-state index contributed by atoms with van der Waals surface area (Å²) in [5.41, 5.74) is 2.73. The van der Waals surface area contributed by atoms with E-state index in [1.54, 1.807) is 0 Å². The van der Waals surface area contributed by atoms with Gasteiger partial charge in [0.2, 0.25) is 0 Å². The molecule has 1 N–H and O–H groups in total. The van der Waals surface area contributed by atoms with E-state index < -0.39 is 0 Å². The summed E-state index contributed by atoms with van der Waals surface area (Å²) in [6, 6.07) is 9.59. The van der Waals surface area contributed by atoms with Crippen molar-refractivity contribution in [2.75, 3.05) is 25.5 Å². The molecule has 19 heavy (non-hydrogen) atoms. The maximum Gasteiger partial charge on any atom is 0.0361 e. The fourth-order valence-electron chi connectivity index (χ4n) is 2.72. The first-order valence-corrected chi connectivity index (χ1v) is 7.71. The molecule has 0 amide bonds. The lowest BCUT2D eigenvalue weighted by Crippen LogP contribution is -2.26. The summed E-state index contributed by atoms with van der Waals surface area (Å²) >= 11 is 0. The highest BCUT2D eigenvalue weighted by molar-refractivity contribution is 5.46. The van der Waals surface area contributed by atoms with Gasteiger partial charge in [-0.3, -0.25) is 0 Å². The van der Waals surface area contributed by atoms with Crippen LogP contribution in [0.2, 0.25) is 0 Å². The monoisotopic (exact) mass is 260 g/mol. The average Bonchev–Trinajstić information content (AvgIpc) is 2.37. The van der Waals surface area contributed by atoms with Crippen LogP contribution in [0.25, 0.3) is 0 Å². The lowest BCUT2D eigenvalue weighted by atomic mass is 9.79. The molecule has 2 heteroatoms. The summed E-state index contributed by atoms with van der Waals surface area (Å²) in [5.74, 6) is 0.947. The van der Waals surface area contributed by atoms with E-state index in [1.165, 1.54) is 43.4 Å². The topological polar surface area (TPSA) is 15.3 Å². The zero-order valence-electron chi connectivity index (χ0n) is 12.7. The van der Waals surface area contributed by atoms with Crippen molar-refractivity contribution in [1.29, 1.82) is 0 Å². The predicted octanol–water partition coefficient (Wildman–Crippen LogP) is 3.98. The minimum atomic E-state index is 0.543. The average molecular weight is 260 g/mol. The van der Waals surface area contributed by atoms with Crippen LogP contribution < -0.4 is 10.2 Å². The molecule has 1 unspecified atom stereocenters. The molecule has 0 aromatic heterocycles. The molecule has 0 heterocycles. The SMILES string of the molecule is CCCNC(CC1CCC1)c1ccc(N(C)C)cc1. The second kappa shape index (κ2) is 6.95. The van der Waals surface area contributed by atoms with Gasteiger partial charge < -0.3 is 10.2 Å². The largest absolute Gasteiger partial charge is 0.378 e. The molecule has 1 aliphatic rings. The number of hydrogen-bond donors (Lipinski definition) is 1. The van der Waals surface area contributed by atoms with E-state index in [4.69, 9.17) is 0 Å². The highest BCUT2D eigenvalue weighted by atomic mass is 15.1. The van der Waals surface area contributed by atoms with Gasteiger partial charge in [0.15, 0.2) is 0 Å². The number of nitrogens with zero attached hydrogens (tertiary/aromatic N) is 1. The third-order valence-corrected chi connectivity index (χ3v) is 4.25. The Morgan fingerprint density at radius 3 is 2.37 bits per heavy atom. The van der Waals surface area contributed by atoms with Crippen molar-refractivity contribution < 1.29 is 0 Å². The lowest BCUT2D eigenvalue weighted by Gasteiger charge is -2.30. The molecule has 0 spiro atoms. The zero-order valence-corrected chi connectivity index (χ0v) is 12.7. The summed E-state index contributed by atoms with van der Waals surface area (Å²) in [7, 11) is 4.19. The first-order chi connectivity index (χ1) is 9.20. The van der Waals surface area contributed by atoms with E-state index in [9.17, 15) is 0 Å². The second-order valence-electron chi connectivity index (χ2n) is 6.03. The van der Waals surface area contributed by atoms with Crippen molar-refractivity contribution in [3.8, 4) is 0 Å². The number of benzene rings is 1. The second-order valence-corrected chi connectivity index (χ2v) is 6.03. The Hall–Kier alpha value is -1.02. The van der Waals surface area contributed by atoms with Crippen LogP contribution in [0.5, 0.6) is 0 Å². The Labute approximate surface area is 118 Å². The summed E-state index contributed by atoms with van der Waals surface area (Å²) in [6.07, 6.45) is 6.81. The Morgan fingerprint density at radius 1 is 1.21 bits per heavy atom. The standard InChI is InChI=1S/C17H28N2/c1-4-12-18-17(13-14-6-5-7-14)15-8-10-16(11-9-15)19(2)3/h8-11,14,17-18H,4-7,12-13H2,1-3H3.